The smallest absolute Gasteiger partial charge is 0.413 e. The number of carbonyl (C=O) groups is 1. The van der Waals surface area contributed by atoms with Gasteiger partial charge < -0.3 is 15.3 Å². The molecule has 8 nitrogen and oxygen atoms in total. The molecule has 0 bridgehead atoms. The maximum Gasteiger partial charge on any atom is 0.413 e. The highest BCUT2D eigenvalue weighted by atomic mass is 16.4. The van der Waals surface area contributed by atoms with Gasteiger partial charge in [0.05, 0.1) is 5.69 Å². The number of anilines is 2. The molecule has 1 amide bonds. The van der Waals surface area contributed by atoms with E-state index in [1.807, 2.05) is 0 Å². The minimum absolute atomic E-state index is 0.223. The molecule has 2 aromatic heterocycles. The molecule has 0 aliphatic carbocycles. The summed E-state index contributed by atoms with van der Waals surface area (Å²) < 4.78 is 0. The predicted molar refractivity (Wildman–Crippen MR) is 108 cm³/mol. The number of rotatable bonds is 10. The zero-order valence-corrected chi connectivity index (χ0v) is 16.6. The summed E-state index contributed by atoms with van der Waals surface area (Å²) >= 11 is 0. The van der Waals surface area contributed by atoms with Crippen molar-refractivity contribution in [1.29, 1.82) is 0 Å². The number of nitrogens with one attached hydrogen (secondary N) is 1. The van der Waals surface area contributed by atoms with Gasteiger partial charge >= 0.3 is 6.09 Å². The van der Waals surface area contributed by atoms with E-state index in [1.54, 1.807) is 25.4 Å². The van der Waals surface area contributed by atoms with E-state index in [9.17, 15) is 9.90 Å². The number of hydrogen-bond donors (Lipinski definition) is 2. The zero-order chi connectivity index (χ0) is 19.8. The number of carboxylic acid groups (broad SMARTS) is 1. The molecule has 2 rings (SSSR count). The molecule has 0 saturated heterocycles. The van der Waals surface area contributed by atoms with Crippen LogP contribution in [0, 0.1) is 0 Å². The molecule has 2 N–H and O–H groups in total. The summed E-state index contributed by atoms with van der Waals surface area (Å²) in [6.07, 6.45) is 4.24. The van der Waals surface area contributed by atoms with E-state index < -0.39 is 6.09 Å². The average molecular weight is 374 g/mol. The highest BCUT2D eigenvalue weighted by Gasteiger charge is 2.18. The van der Waals surface area contributed by atoms with Crippen LogP contribution in [0.5, 0.6) is 0 Å². The molecule has 27 heavy (non-hydrogen) atoms. The van der Waals surface area contributed by atoms with Crippen LogP contribution in [0.25, 0.3) is 11.2 Å². The van der Waals surface area contributed by atoms with Crippen LogP contribution >= 0.6 is 0 Å². The van der Waals surface area contributed by atoms with E-state index in [4.69, 9.17) is 0 Å². The van der Waals surface area contributed by atoms with Crippen molar-refractivity contribution in [3.8, 4) is 0 Å². The van der Waals surface area contributed by atoms with Gasteiger partial charge in [-0.25, -0.2) is 19.7 Å². The second kappa shape index (κ2) is 10.0. The van der Waals surface area contributed by atoms with Crippen LogP contribution in [0.3, 0.4) is 0 Å². The Labute approximate surface area is 160 Å². The number of amides is 1. The normalized spacial score (nSPS) is 12.3. The van der Waals surface area contributed by atoms with Gasteiger partial charge in [0.2, 0.25) is 0 Å². The second-order valence-electron chi connectivity index (χ2n) is 6.50. The number of hydrogen-bond acceptors (Lipinski definition) is 6. The molecule has 0 aliphatic rings. The number of fused-ring (bicyclic) bond motifs is 1. The minimum Gasteiger partial charge on any atom is -0.465 e. The Balaban J connectivity index is 2.19. The summed E-state index contributed by atoms with van der Waals surface area (Å²) in [5, 5.41) is 12.9. The predicted octanol–water partition coefficient (Wildman–Crippen LogP) is 3.45. The molecule has 0 spiro atoms. The van der Waals surface area contributed by atoms with E-state index in [1.165, 1.54) is 4.90 Å². The van der Waals surface area contributed by atoms with Crippen molar-refractivity contribution in [2.75, 3.05) is 36.4 Å². The minimum atomic E-state index is -1.04. The Kier molecular flexibility index (Phi) is 7.72. The molecule has 8 heteroatoms. The lowest BCUT2D eigenvalue weighted by Crippen LogP contribution is -2.30. The fourth-order valence-corrected chi connectivity index (χ4v) is 3.08. The topological polar surface area (TPSA) is 94.5 Å². The van der Waals surface area contributed by atoms with Gasteiger partial charge in [-0.3, -0.25) is 4.90 Å². The molecule has 2 aromatic rings. The van der Waals surface area contributed by atoms with Crippen molar-refractivity contribution in [3.63, 3.8) is 0 Å². The lowest BCUT2D eigenvalue weighted by Gasteiger charge is -2.22. The third-order valence-electron chi connectivity index (χ3n) is 4.66. The molecule has 1 unspecified atom stereocenters. The Morgan fingerprint density at radius 1 is 1.19 bits per heavy atom. The SMILES string of the molecule is CCN(CC)CCCC(C)Nc1cc(N(CC)C(=O)O)nc2nccnc12. The van der Waals surface area contributed by atoms with Crippen molar-refractivity contribution < 1.29 is 9.90 Å². The van der Waals surface area contributed by atoms with Crippen molar-refractivity contribution in [2.24, 2.45) is 0 Å². The first-order valence-electron chi connectivity index (χ1n) is 9.61. The van der Waals surface area contributed by atoms with Crippen molar-refractivity contribution in [2.45, 2.75) is 46.6 Å². The van der Waals surface area contributed by atoms with Crippen LogP contribution in [-0.4, -0.2) is 63.3 Å². The fraction of sp³-hybridized carbons (Fsp3) is 0.579. The molecule has 0 radical (unpaired) electrons. The van der Waals surface area contributed by atoms with Gasteiger partial charge in [0.1, 0.15) is 11.3 Å². The highest BCUT2D eigenvalue weighted by Crippen LogP contribution is 2.25. The molecule has 1 atom stereocenters. The van der Waals surface area contributed by atoms with Gasteiger partial charge in [-0.05, 0) is 46.3 Å². The second-order valence-corrected chi connectivity index (χ2v) is 6.50. The Morgan fingerprint density at radius 2 is 1.89 bits per heavy atom. The van der Waals surface area contributed by atoms with Crippen LogP contribution in [0.4, 0.5) is 16.3 Å². The van der Waals surface area contributed by atoms with E-state index in [2.05, 4.69) is 45.9 Å². The van der Waals surface area contributed by atoms with Crippen molar-refractivity contribution in [1.82, 2.24) is 19.9 Å². The standard InChI is InChI=1S/C19H30N6O2/c1-5-24(6-2)12-8-9-14(4)22-15-13-16(25(7-3)19(26)27)23-18-17(15)20-10-11-21-18/h10-11,13-14H,5-9,12H2,1-4H3,(H,26,27)(H,21,22,23). The Morgan fingerprint density at radius 3 is 2.52 bits per heavy atom. The maximum atomic E-state index is 11.5. The van der Waals surface area contributed by atoms with E-state index in [-0.39, 0.29) is 6.04 Å². The summed E-state index contributed by atoms with van der Waals surface area (Å²) in [4.78, 5) is 28.1. The first-order valence-corrected chi connectivity index (χ1v) is 9.61. The average Bonchev–Trinajstić information content (AvgIpc) is 2.65. The monoisotopic (exact) mass is 374 g/mol. The van der Waals surface area contributed by atoms with Crippen LogP contribution < -0.4 is 10.2 Å². The third-order valence-corrected chi connectivity index (χ3v) is 4.66. The van der Waals surface area contributed by atoms with Gasteiger partial charge in [0, 0.05) is 31.0 Å². The largest absolute Gasteiger partial charge is 0.465 e. The fourth-order valence-electron chi connectivity index (χ4n) is 3.08. The van der Waals surface area contributed by atoms with Crippen molar-refractivity contribution >= 4 is 28.8 Å². The van der Waals surface area contributed by atoms with Crippen LogP contribution in [-0.2, 0) is 0 Å². The molecular weight excluding hydrogens is 344 g/mol. The Bertz CT molecular complexity index is 750. The van der Waals surface area contributed by atoms with Gasteiger partial charge in [-0.1, -0.05) is 13.8 Å². The van der Waals surface area contributed by atoms with Crippen LogP contribution in [0.2, 0.25) is 0 Å². The molecule has 0 fully saturated rings. The lowest BCUT2D eigenvalue weighted by atomic mass is 10.1. The van der Waals surface area contributed by atoms with Gasteiger partial charge in [0.25, 0.3) is 0 Å². The maximum absolute atomic E-state index is 11.5. The van der Waals surface area contributed by atoms with Gasteiger partial charge in [0.15, 0.2) is 5.65 Å². The highest BCUT2D eigenvalue weighted by molar-refractivity contribution is 5.91. The van der Waals surface area contributed by atoms with E-state index >= 15 is 0 Å². The van der Waals surface area contributed by atoms with E-state index in [0.717, 1.165) is 38.2 Å². The quantitative estimate of drug-likeness (QED) is 0.657. The number of pyridine rings is 1. The lowest BCUT2D eigenvalue weighted by molar-refractivity contribution is 0.202. The first-order chi connectivity index (χ1) is 13.0. The molecule has 0 aliphatic heterocycles. The molecule has 2 heterocycles. The van der Waals surface area contributed by atoms with E-state index in [0.29, 0.717) is 23.5 Å². The zero-order valence-electron chi connectivity index (χ0n) is 16.6. The van der Waals surface area contributed by atoms with Gasteiger partial charge in [-0.2, -0.15) is 0 Å². The first kappa shape index (κ1) is 20.8. The number of nitrogens with zero attached hydrogens (tertiary/aromatic N) is 5. The summed E-state index contributed by atoms with van der Waals surface area (Å²) in [5.41, 5.74) is 1.85. The van der Waals surface area contributed by atoms with Crippen molar-refractivity contribution in [3.05, 3.63) is 18.5 Å². The Hall–Kier alpha value is -2.48. The van der Waals surface area contributed by atoms with Gasteiger partial charge in [-0.15, -0.1) is 0 Å². The molecule has 148 valence electrons. The van der Waals surface area contributed by atoms with Crippen LogP contribution in [0.15, 0.2) is 18.5 Å². The summed E-state index contributed by atoms with van der Waals surface area (Å²) in [6, 6.07) is 1.97. The van der Waals surface area contributed by atoms with Crippen LogP contribution in [0.1, 0.15) is 40.5 Å². The molecular formula is C19H30N6O2. The molecule has 0 aromatic carbocycles. The third kappa shape index (κ3) is 5.50. The summed E-state index contributed by atoms with van der Waals surface area (Å²) in [5.74, 6) is 0.357. The summed E-state index contributed by atoms with van der Waals surface area (Å²) in [6.45, 7) is 11.8. The number of aromatic nitrogens is 3. The summed E-state index contributed by atoms with van der Waals surface area (Å²) in [7, 11) is 0. The molecule has 0 saturated carbocycles.